The van der Waals surface area contributed by atoms with Crippen molar-refractivity contribution in [2.45, 2.75) is 87.6 Å². The standard InChI is InChI=1S/C34H38N8O6S2/c1-19(2)22-8-6-9-23(20(3)4)30(22)39-33(43)42-50(47,48)29-14-16-36-32(38-29)26-12-11-25-27(26)17-21-7-5-10-24(21)31(25)40-34(44)41-49(45,46)28-13-15-35-18-37-28/h6,8-9,13-20,26H,5,7,10-12H2,1-4H3,(H2,39,42,43)(H2,40,41,44). The summed E-state index contributed by atoms with van der Waals surface area (Å²) < 4.78 is 56.5. The van der Waals surface area contributed by atoms with Crippen LogP contribution < -0.4 is 20.1 Å². The Morgan fingerprint density at radius 2 is 1.40 bits per heavy atom. The summed E-state index contributed by atoms with van der Waals surface area (Å²) in [5, 5.41) is 4.84. The quantitative estimate of drug-likeness (QED) is 0.169. The first-order chi connectivity index (χ1) is 23.7. The molecule has 1 unspecified atom stereocenters. The average molecular weight is 719 g/mol. The lowest BCUT2D eigenvalue weighted by Gasteiger charge is -2.20. The number of sulfonamides is 2. The molecular weight excluding hydrogens is 681 g/mol. The normalized spacial score (nSPS) is 15.4. The summed E-state index contributed by atoms with van der Waals surface area (Å²) in [6, 6.07) is 8.35. The summed E-state index contributed by atoms with van der Waals surface area (Å²) >= 11 is 0. The number of nitrogens with one attached hydrogen (secondary N) is 4. The van der Waals surface area contributed by atoms with Crippen molar-refractivity contribution in [3.63, 3.8) is 0 Å². The van der Waals surface area contributed by atoms with E-state index in [0.717, 1.165) is 52.5 Å². The van der Waals surface area contributed by atoms with Crippen LogP contribution in [-0.4, -0.2) is 48.8 Å². The van der Waals surface area contributed by atoms with Crippen LogP contribution in [0.25, 0.3) is 0 Å². The number of urea groups is 2. The van der Waals surface area contributed by atoms with E-state index >= 15 is 0 Å². The predicted molar refractivity (Wildman–Crippen MR) is 186 cm³/mol. The number of amides is 4. The number of para-hydroxylation sites is 1. The Hall–Kier alpha value is -4.96. The lowest BCUT2D eigenvalue weighted by molar-refractivity contribution is 0.255. The topological polar surface area (TPSA) is 202 Å². The van der Waals surface area contributed by atoms with E-state index in [-0.39, 0.29) is 27.7 Å². The van der Waals surface area contributed by atoms with Crippen molar-refractivity contribution in [2.24, 2.45) is 0 Å². The number of aromatic nitrogens is 4. The smallest absolute Gasteiger partial charge is 0.307 e. The van der Waals surface area contributed by atoms with Gasteiger partial charge in [0, 0.05) is 29.7 Å². The van der Waals surface area contributed by atoms with E-state index in [0.29, 0.717) is 30.6 Å². The molecule has 0 radical (unpaired) electrons. The van der Waals surface area contributed by atoms with E-state index in [2.05, 4.69) is 35.3 Å². The second-order valence-electron chi connectivity index (χ2n) is 12.9. The van der Waals surface area contributed by atoms with Crippen molar-refractivity contribution in [3.8, 4) is 0 Å². The summed E-state index contributed by atoms with van der Waals surface area (Å²) in [4.78, 5) is 42.4. The summed E-state index contributed by atoms with van der Waals surface area (Å²) in [6.45, 7) is 7.99. The van der Waals surface area contributed by atoms with E-state index < -0.39 is 38.0 Å². The third-order valence-corrected chi connectivity index (χ3v) is 11.4. The van der Waals surface area contributed by atoms with Crippen LogP contribution in [0.3, 0.4) is 0 Å². The van der Waals surface area contributed by atoms with Crippen LogP contribution in [0, 0.1) is 0 Å². The fourth-order valence-electron chi connectivity index (χ4n) is 6.69. The summed E-state index contributed by atoms with van der Waals surface area (Å²) in [5.74, 6) is 0.0183. The summed E-state index contributed by atoms with van der Waals surface area (Å²) in [7, 11) is -8.64. The molecule has 16 heteroatoms. The lowest BCUT2D eigenvalue weighted by atomic mass is 9.93. The molecule has 4 aromatic rings. The number of aryl methyl sites for hydroxylation is 1. The molecule has 0 saturated heterocycles. The highest BCUT2D eigenvalue weighted by atomic mass is 32.2. The number of anilines is 2. The molecule has 0 spiro atoms. The zero-order valence-corrected chi connectivity index (χ0v) is 29.7. The first kappa shape index (κ1) is 34.9. The van der Waals surface area contributed by atoms with Gasteiger partial charge in [0.1, 0.15) is 12.2 Å². The minimum absolute atomic E-state index is 0.0862. The Bertz CT molecular complexity index is 2170. The summed E-state index contributed by atoms with van der Waals surface area (Å²) in [6.07, 6.45) is 7.04. The van der Waals surface area contributed by atoms with E-state index in [1.54, 1.807) is 0 Å². The maximum Gasteiger partial charge on any atom is 0.333 e. The van der Waals surface area contributed by atoms with E-state index in [1.165, 1.54) is 24.5 Å². The van der Waals surface area contributed by atoms with Crippen LogP contribution >= 0.6 is 0 Å². The van der Waals surface area contributed by atoms with Gasteiger partial charge < -0.3 is 10.6 Å². The van der Waals surface area contributed by atoms with E-state index in [1.807, 2.05) is 56.7 Å². The van der Waals surface area contributed by atoms with Crippen molar-refractivity contribution in [3.05, 3.63) is 94.3 Å². The van der Waals surface area contributed by atoms with Gasteiger partial charge in [-0.15, -0.1) is 0 Å². The molecular formula is C34H38N8O6S2. The van der Waals surface area contributed by atoms with Gasteiger partial charge in [-0.1, -0.05) is 52.0 Å². The first-order valence-corrected chi connectivity index (χ1v) is 19.3. The van der Waals surface area contributed by atoms with Crippen LogP contribution in [0.4, 0.5) is 21.0 Å². The molecule has 0 aliphatic heterocycles. The number of benzene rings is 2. The van der Waals surface area contributed by atoms with Crippen molar-refractivity contribution < 1.29 is 26.4 Å². The number of carbonyl (C=O) groups is 2. The van der Waals surface area contributed by atoms with Gasteiger partial charge in [0.05, 0.1) is 0 Å². The molecule has 2 aliphatic rings. The van der Waals surface area contributed by atoms with Gasteiger partial charge in [-0.3, -0.25) is 0 Å². The van der Waals surface area contributed by atoms with Gasteiger partial charge in [-0.2, -0.15) is 16.8 Å². The molecule has 4 amide bonds. The minimum Gasteiger partial charge on any atom is -0.307 e. The molecule has 0 saturated carbocycles. The van der Waals surface area contributed by atoms with Gasteiger partial charge in [0.25, 0.3) is 20.0 Å². The van der Waals surface area contributed by atoms with Crippen LogP contribution in [0.2, 0.25) is 0 Å². The van der Waals surface area contributed by atoms with Gasteiger partial charge >= 0.3 is 12.1 Å². The number of carbonyl (C=O) groups excluding carboxylic acids is 2. The Morgan fingerprint density at radius 1 is 0.760 bits per heavy atom. The molecule has 6 rings (SSSR count). The molecule has 2 aliphatic carbocycles. The fourth-order valence-corrected chi connectivity index (χ4v) is 8.37. The third-order valence-electron chi connectivity index (χ3n) is 8.97. The molecule has 2 aromatic heterocycles. The third kappa shape index (κ3) is 7.03. The van der Waals surface area contributed by atoms with Crippen molar-refractivity contribution >= 4 is 43.5 Å². The average Bonchev–Trinajstić information content (AvgIpc) is 3.72. The molecule has 2 heterocycles. The summed E-state index contributed by atoms with van der Waals surface area (Å²) in [5.41, 5.74) is 6.47. The highest BCUT2D eigenvalue weighted by molar-refractivity contribution is 7.90. The Morgan fingerprint density at radius 3 is 2.04 bits per heavy atom. The SMILES string of the molecule is CC(C)c1cccc(C(C)C)c1NC(=O)NS(=O)(=O)c1ccnc(C2CCc3c2cc2c(c3NC(=O)NS(=O)(=O)c3ccncn3)CCC2)n1. The highest BCUT2D eigenvalue weighted by Crippen LogP contribution is 2.45. The molecule has 2 aromatic carbocycles. The zero-order valence-electron chi connectivity index (χ0n) is 28.0. The Labute approximate surface area is 291 Å². The number of fused-ring (bicyclic) bond motifs is 2. The molecule has 4 N–H and O–H groups in total. The molecule has 0 fully saturated rings. The van der Waals surface area contributed by atoms with Crippen molar-refractivity contribution in [2.75, 3.05) is 10.6 Å². The number of rotatable bonds is 9. The van der Waals surface area contributed by atoms with Crippen LogP contribution in [0.15, 0.2) is 65.2 Å². The van der Waals surface area contributed by atoms with E-state index in [4.69, 9.17) is 0 Å². The predicted octanol–water partition coefficient (Wildman–Crippen LogP) is 5.10. The van der Waals surface area contributed by atoms with Gasteiger partial charge in [0.15, 0.2) is 10.1 Å². The second kappa shape index (κ2) is 13.7. The van der Waals surface area contributed by atoms with Gasteiger partial charge in [0.2, 0.25) is 0 Å². The minimum atomic E-state index is -4.39. The second-order valence-corrected chi connectivity index (χ2v) is 16.2. The number of nitrogens with zero attached hydrogens (tertiary/aromatic N) is 4. The van der Waals surface area contributed by atoms with E-state index in [9.17, 15) is 26.4 Å². The maximum atomic E-state index is 13.5. The monoisotopic (exact) mass is 718 g/mol. The fraction of sp³-hybridized carbons (Fsp3) is 0.353. The van der Waals surface area contributed by atoms with Crippen molar-refractivity contribution in [1.29, 1.82) is 0 Å². The zero-order chi connectivity index (χ0) is 35.8. The molecule has 50 heavy (non-hydrogen) atoms. The maximum absolute atomic E-state index is 13.5. The van der Waals surface area contributed by atoms with Crippen LogP contribution in [0.5, 0.6) is 0 Å². The first-order valence-electron chi connectivity index (χ1n) is 16.3. The molecule has 1 atom stereocenters. The highest BCUT2D eigenvalue weighted by Gasteiger charge is 2.34. The molecule has 14 nitrogen and oxygen atoms in total. The Balaban J connectivity index is 1.24. The van der Waals surface area contributed by atoms with Crippen molar-refractivity contribution in [1.82, 2.24) is 29.4 Å². The van der Waals surface area contributed by atoms with Crippen LogP contribution in [0.1, 0.15) is 97.5 Å². The van der Waals surface area contributed by atoms with Gasteiger partial charge in [-0.05, 0) is 89.5 Å². The number of hydrogen-bond acceptors (Lipinski definition) is 10. The molecule has 0 bridgehead atoms. The lowest BCUT2D eigenvalue weighted by Crippen LogP contribution is -2.35. The van der Waals surface area contributed by atoms with Gasteiger partial charge in [-0.25, -0.2) is 39.0 Å². The Kier molecular flexibility index (Phi) is 9.59. The van der Waals surface area contributed by atoms with Crippen LogP contribution in [-0.2, 0) is 39.3 Å². The number of hydrogen-bond donors (Lipinski definition) is 4. The largest absolute Gasteiger partial charge is 0.333 e. The molecule has 262 valence electrons.